The first-order chi connectivity index (χ1) is 9.35. The van der Waals surface area contributed by atoms with E-state index >= 15 is 0 Å². The van der Waals surface area contributed by atoms with Gasteiger partial charge in [-0.15, -0.1) is 0 Å². The Bertz CT molecular complexity index is 438. The van der Waals surface area contributed by atoms with Crippen molar-refractivity contribution in [3.8, 4) is 5.75 Å². The SMILES string of the molecule is CCN(CC(=O)Nc1ccccc1OC)CC(C)(C)C. The molecule has 20 heavy (non-hydrogen) atoms. The smallest absolute Gasteiger partial charge is 0.238 e. The summed E-state index contributed by atoms with van der Waals surface area (Å²) >= 11 is 0. The van der Waals surface area contributed by atoms with Gasteiger partial charge in [-0.3, -0.25) is 9.69 Å². The summed E-state index contributed by atoms with van der Waals surface area (Å²) < 4.78 is 5.23. The molecular weight excluding hydrogens is 252 g/mol. The molecule has 4 heteroatoms. The lowest BCUT2D eigenvalue weighted by Gasteiger charge is -2.28. The van der Waals surface area contributed by atoms with Crippen molar-refractivity contribution < 1.29 is 9.53 Å². The van der Waals surface area contributed by atoms with Crippen LogP contribution >= 0.6 is 0 Å². The van der Waals surface area contributed by atoms with Crippen LogP contribution in [0.4, 0.5) is 5.69 Å². The number of rotatable bonds is 6. The Kier molecular flexibility index (Phi) is 6.02. The number of ether oxygens (including phenoxy) is 1. The fourth-order valence-corrected chi connectivity index (χ4v) is 2.09. The van der Waals surface area contributed by atoms with E-state index in [-0.39, 0.29) is 11.3 Å². The lowest BCUT2D eigenvalue weighted by molar-refractivity contribution is -0.117. The Hall–Kier alpha value is -1.55. The highest BCUT2D eigenvalue weighted by Crippen LogP contribution is 2.23. The van der Waals surface area contributed by atoms with Crippen LogP contribution in [0.25, 0.3) is 0 Å². The monoisotopic (exact) mass is 278 g/mol. The van der Waals surface area contributed by atoms with Crippen LogP contribution in [0.3, 0.4) is 0 Å². The van der Waals surface area contributed by atoms with Crippen LogP contribution < -0.4 is 10.1 Å². The van der Waals surface area contributed by atoms with Gasteiger partial charge in [-0.05, 0) is 24.1 Å². The molecule has 0 radical (unpaired) electrons. The van der Waals surface area contributed by atoms with Gasteiger partial charge in [0.05, 0.1) is 19.3 Å². The quantitative estimate of drug-likeness (QED) is 0.869. The molecule has 0 aromatic heterocycles. The predicted molar refractivity (Wildman–Crippen MR) is 83.2 cm³/mol. The van der Waals surface area contributed by atoms with E-state index in [9.17, 15) is 4.79 Å². The molecule has 1 N–H and O–H groups in total. The second-order valence-electron chi connectivity index (χ2n) is 6.11. The largest absolute Gasteiger partial charge is 0.495 e. The van der Waals surface area contributed by atoms with Crippen molar-refractivity contribution in [1.29, 1.82) is 0 Å². The van der Waals surface area contributed by atoms with Crippen LogP contribution in [0.5, 0.6) is 5.75 Å². The van der Waals surface area contributed by atoms with E-state index in [4.69, 9.17) is 4.74 Å². The Balaban J connectivity index is 2.62. The molecule has 4 nitrogen and oxygen atoms in total. The number of methoxy groups -OCH3 is 1. The zero-order valence-electron chi connectivity index (χ0n) is 13.2. The van der Waals surface area contributed by atoms with Gasteiger partial charge >= 0.3 is 0 Å². The second kappa shape index (κ2) is 7.29. The highest BCUT2D eigenvalue weighted by molar-refractivity contribution is 5.93. The average molecular weight is 278 g/mol. The van der Waals surface area contributed by atoms with Gasteiger partial charge in [-0.1, -0.05) is 39.8 Å². The summed E-state index contributed by atoms with van der Waals surface area (Å²) in [5.41, 5.74) is 0.896. The zero-order chi connectivity index (χ0) is 15.2. The van der Waals surface area contributed by atoms with E-state index < -0.39 is 0 Å². The minimum atomic E-state index is -0.0133. The van der Waals surface area contributed by atoms with Gasteiger partial charge in [0.15, 0.2) is 0 Å². The molecule has 0 bridgehead atoms. The van der Waals surface area contributed by atoms with Crippen LogP contribution in [0.1, 0.15) is 27.7 Å². The molecule has 0 saturated heterocycles. The van der Waals surface area contributed by atoms with Gasteiger partial charge in [0.2, 0.25) is 5.91 Å². The van der Waals surface area contributed by atoms with Crippen LogP contribution in [0.2, 0.25) is 0 Å². The van der Waals surface area contributed by atoms with Crippen molar-refractivity contribution in [1.82, 2.24) is 4.90 Å². The minimum Gasteiger partial charge on any atom is -0.495 e. The number of hydrogen-bond donors (Lipinski definition) is 1. The summed E-state index contributed by atoms with van der Waals surface area (Å²) in [7, 11) is 1.60. The lowest BCUT2D eigenvalue weighted by Crippen LogP contribution is -2.38. The number of nitrogens with zero attached hydrogens (tertiary/aromatic N) is 1. The average Bonchev–Trinajstić information content (AvgIpc) is 2.36. The first-order valence-corrected chi connectivity index (χ1v) is 7.01. The summed E-state index contributed by atoms with van der Waals surface area (Å²) in [5.74, 6) is 0.667. The van der Waals surface area contributed by atoms with E-state index in [1.54, 1.807) is 7.11 Å². The maximum Gasteiger partial charge on any atom is 0.238 e. The highest BCUT2D eigenvalue weighted by Gasteiger charge is 2.18. The molecule has 1 rings (SSSR count). The molecule has 0 aliphatic heterocycles. The maximum absolute atomic E-state index is 12.1. The van der Waals surface area contributed by atoms with E-state index in [0.717, 1.165) is 13.1 Å². The van der Waals surface area contributed by atoms with Crippen molar-refractivity contribution in [2.45, 2.75) is 27.7 Å². The number of amides is 1. The molecule has 0 unspecified atom stereocenters. The fourth-order valence-electron chi connectivity index (χ4n) is 2.09. The topological polar surface area (TPSA) is 41.6 Å². The summed E-state index contributed by atoms with van der Waals surface area (Å²) in [6.45, 7) is 10.7. The molecule has 1 amide bonds. The van der Waals surface area contributed by atoms with Gasteiger partial charge in [-0.25, -0.2) is 0 Å². The molecule has 0 fully saturated rings. The van der Waals surface area contributed by atoms with Crippen molar-refractivity contribution >= 4 is 11.6 Å². The van der Waals surface area contributed by atoms with Gasteiger partial charge in [0.1, 0.15) is 5.75 Å². The fraction of sp³-hybridized carbons (Fsp3) is 0.562. The van der Waals surface area contributed by atoms with E-state index in [2.05, 4.69) is 37.9 Å². The first kappa shape index (κ1) is 16.5. The van der Waals surface area contributed by atoms with E-state index in [0.29, 0.717) is 18.0 Å². The number of likely N-dealkylation sites (N-methyl/N-ethyl adjacent to an activating group) is 1. The Morgan fingerprint density at radius 3 is 2.50 bits per heavy atom. The van der Waals surface area contributed by atoms with E-state index in [1.807, 2.05) is 24.3 Å². The van der Waals surface area contributed by atoms with Crippen molar-refractivity contribution in [3.63, 3.8) is 0 Å². The minimum absolute atomic E-state index is 0.0133. The first-order valence-electron chi connectivity index (χ1n) is 7.01. The predicted octanol–water partition coefficient (Wildman–Crippen LogP) is 3.00. The van der Waals surface area contributed by atoms with Crippen LogP contribution in [0.15, 0.2) is 24.3 Å². The van der Waals surface area contributed by atoms with Crippen LogP contribution in [-0.2, 0) is 4.79 Å². The summed E-state index contributed by atoms with van der Waals surface area (Å²) in [6, 6.07) is 7.44. The number of benzene rings is 1. The zero-order valence-corrected chi connectivity index (χ0v) is 13.2. The van der Waals surface area contributed by atoms with Crippen molar-refractivity contribution in [3.05, 3.63) is 24.3 Å². The number of nitrogens with one attached hydrogen (secondary N) is 1. The molecule has 112 valence electrons. The number of carbonyl (C=O) groups is 1. The Morgan fingerprint density at radius 2 is 1.95 bits per heavy atom. The normalized spacial score (nSPS) is 11.5. The number of para-hydroxylation sites is 2. The molecule has 1 aromatic carbocycles. The Morgan fingerprint density at radius 1 is 1.30 bits per heavy atom. The molecule has 0 aliphatic rings. The molecule has 0 heterocycles. The Labute approximate surface area is 122 Å². The summed E-state index contributed by atoms with van der Waals surface area (Å²) in [5, 5.41) is 2.91. The number of carbonyl (C=O) groups excluding carboxylic acids is 1. The molecule has 0 aliphatic carbocycles. The third-order valence-electron chi connectivity index (χ3n) is 2.89. The van der Waals surface area contributed by atoms with Crippen LogP contribution in [0, 0.1) is 5.41 Å². The molecule has 1 aromatic rings. The maximum atomic E-state index is 12.1. The second-order valence-corrected chi connectivity index (χ2v) is 6.11. The molecule has 0 spiro atoms. The molecular formula is C16H26N2O2. The third kappa shape index (κ3) is 5.61. The number of anilines is 1. The van der Waals surface area contributed by atoms with Crippen LogP contribution in [-0.4, -0.2) is 37.6 Å². The van der Waals surface area contributed by atoms with Gasteiger partial charge in [0.25, 0.3) is 0 Å². The van der Waals surface area contributed by atoms with E-state index in [1.165, 1.54) is 0 Å². The number of hydrogen-bond acceptors (Lipinski definition) is 3. The van der Waals surface area contributed by atoms with Gasteiger partial charge in [-0.2, -0.15) is 0 Å². The van der Waals surface area contributed by atoms with Crippen molar-refractivity contribution in [2.75, 3.05) is 32.1 Å². The summed E-state index contributed by atoms with van der Waals surface area (Å²) in [6.07, 6.45) is 0. The molecule has 0 atom stereocenters. The molecule has 0 saturated carbocycles. The van der Waals surface area contributed by atoms with Gasteiger partial charge < -0.3 is 10.1 Å². The standard InChI is InChI=1S/C16H26N2O2/c1-6-18(12-16(2,3)4)11-15(19)17-13-9-7-8-10-14(13)20-5/h7-10H,6,11-12H2,1-5H3,(H,17,19). The van der Waals surface area contributed by atoms with Crippen molar-refractivity contribution in [2.24, 2.45) is 5.41 Å². The summed E-state index contributed by atoms with van der Waals surface area (Å²) in [4.78, 5) is 14.3. The third-order valence-corrected chi connectivity index (χ3v) is 2.89. The van der Waals surface area contributed by atoms with Gasteiger partial charge in [0, 0.05) is 6.54 Å². The highest BCUT2D eigenvalue weighted by atomic mass is 16.5. The lowest BCUT2D eigenvalue weighted by atomic mass is 9.96.